The zero-order chi connectivity index (χ0) is 22.0. The second-order valence-corrected chi connectivity index (χ2v) is 9.43. The fourth-order valence-corrected chi connectivity index (χ4v) is 5.07. The number of carbonyl (C=O) groups excluding carboxylic acids is 1. The maximum Gasteiger partial charge on any atom is 0.264 e. The van der Waals surface area contributed by atoms with Crippen LogP contribution < -0.4 is 14.4 Å². The normalized spacial score (nSPS) is 12.8. The molecule has 1 amide bonds. The Morgan fingerprint density at radius 2 is 1.68 bits per heavy atom. The van der Waals surface area contributed by atoms with Crippen LogP contribution in [0.2, 0.25) is 0 Å². The number of nitrogens with zero attached hydrogens (tertiary/aromatic N) is 1. The summed E-state index contributed by atoms with van der Waals surface area (Å²) >= 11 is 0. The van der Waals surface area contributed by atoms with Crippen LogP contribution in [-0.2, 0) is 22.9 Å². The molecule has 1 aliphatic rings. The number of benzene rings is 3. The molecule has 0 radical (unpaired) electrons. The van der Waals surface area contributed by atoms with Gasteiger partial charge in [-0.1, -0.05) is 18.2 Å². The smallest absolute Gasteiger partial charge is 0.264 e. The van der Waals surface area contributed by atoms with E-state index in [9.17, 15) is 13.2 Å². The zero-order valence-electron chi connectivity index (χ0n) is 17.5. The van der Waals surface area contributed by atoms with Crippen LogP contribution in [-0.4, -0.2) is 28.5 Å². The Balaban J connectivity index is 1.63. The molecular weight excluding hydrogens is 412 g/mol. The van der Waals surface area contributed by atoms with Crippen LogP contribution in [0.15, 0.2) is 71.6 Å². The van der Waals surface area contributed by atoms with Gasteiger partial charge in [0.15, 0.2) is 0 Å². The average molecular weight is 437 g/mol. The quantitative estimate of drug-likeness (QED) is 0.626. The van der Waals surface area contributed by atoms with Gasteiger partial charge in [0.1, 0.15) is 5.75 Å². The van der Waals surface area contributed by atoms with E-state index >= 15 is 0 Å². The van der Waals surface area contributed by atoms with Crippen molar-refractivity contribution < 1.29 is 17.9 Å². The average Bonchev–Trinajstić information content (AvgIpc) is 3.27. The Labute approximate surface area is 182 Å². The van der Waals surface area contributed by atoms with Crippen molar-refractivity contribution in [3.8, 4) is 5.75 Å². The first-order valence-electron chi connectivity index (χ1n) is 10.1. The lowest BCUT2D eigenvalue weighted by atomic mass is 10.1. The summed E-state index contributed by atoms with van der Waals surface area (Å²) in [5.41, 5.74) is 3.46. The zero-order valence-corrected chi connectivity index (χ0v) is 18.3. The van der Waals surface area contributed by atoms with Gasteiger partial charge in [0, 0.05) is 12.7 Å². The summed E-state index contributed by atoms with van der Waals surface area (Å²) in [5.74, 6) is 0.287. The highest BCUT2D eigenvalue weighted by molar-refractivity contribution is 7.92. The van der Waals surface area contributed by atoms with Crippen LogP contribution in [0.25, 0.3) is 0 Å². The molecule has 0 heterocycles. The van der Waals surface area contributed by atoms with Gasteiger partial charge in [-0.2, -0.15) is 0 Å². The predicted octanol–water partition coefficient (Wildman–Crippen LogP) is 4.26. The van der Waals surface area contributed by atoms with Crippen LogP contribution in [0.5, 0.6) is 5.75 Å². The lowest BCUT2D eigenvalue weighted by Gasteiger charge is -2.22. The van der Waals surface area contributed by atoms with E-state index in [-0.39, 0.29) is 10.5 Å². The second kappa shape index (κ2) is 8.43. The van der Waals surface area contributed by atoms with Crippen molar-refractivity contribution in [3.05, 3.63) is 83.4 Å². The standard InChI is InChI=1S/C24H24N2O4S/c1-26(31(28,29)21-15-10-17-6-5-7-18(17)16-21)23-9-4-3-8-22(23)24(27)25-19-11-13-20(30-2)14-12-19/h3-4,8-16H,5-7H2,1-2H3,(H,25,27). The highest BCUT2D eigenvalue weighted by Crippen LogP contribution is 2.30. The van der Waals surface area contributed by atoms with Gasteiger partial charge in [-0.25, -0.2) is 8.42 Å². The fraction of sp³-hybridized carbons (Fsp3) is 0.208. The molecule has 1 N–H and O–H groups in total. The van der Waals surface area contributed by atoms with Gasteiger partial charge < -0.3 is 10.1 Å². The maximum absolute atomic E-state index is 13.3. The molecule has 0 spiro atoms. The van der Waals surface area contributed by atoms with E-state index < -0.39 is 15.9 Å². The van der Waals surface area contributed by atoms with Crippen LogP contribution >= 0.6 is 0 Å². The van der Waals surface area contributed by atoms with Gasteiger partial charge in [0.2, 0.25) is 0 Å². The number of fused-ring (bicyclic) bond motifs is 1. The number of methoxy groups -OCH3 is 1. The first-order valence-corrected chi connectivity index (χ1v) is 11.5. The number of nitrogens with one attached hydrogen (secondary N) is 1. The van der Waals surface area contributed by atoms with Crippen LogP contribution in [0.4, 0.5) is 11.4 Å². The molecule has 0 fully saturated rings. The number of sulfonamides is 1. The topological polar surface area (TPSA) is 75.7 Å². The molecular formula is C24H24N2O4S. The van der Waals surface area contributed by atoms with Gasteiger partial charge in [-0.3, -0.25) is 9.10 Å². The van der Waals surface area contributed by atoms with Crippen molar-refractivity contribution in [2.75, 3.05) is 23.8 Å². The van der Waals surface area contributed by atoms with E-state index in [0.29, 0.717) is 17.1 Å². The van der Waals surface area contributed by atoms with Gasteiger partial charge in [-0.05, 0) is 78.9 Å². The molecule has 0 aromatic heterocycles. The third kappa shape index (κ3) is 4.14. The molecule has 6 nitrogen and oxygen atoms in total. The lowest BCUT2D eigenvalue weighted by Crippen LogP contribution is -2.29. The van der Waals surface area contributed by atoms with Crippen LogP contribution in [0, 0.1) is 0 Å². The summed E-state index contributed by atoms with van der Waals surface area (Å²) in [4.78, 5) is 13.2. The number of ether oxygens (including phenoxy) is 1. The largest absolute Gasteiger partial charge is 0.497 e. The van der Waals surface area contributed by atoms with E-state index in [1.807, 2.05) is 6.07 Å². The maximum atomic E-state index is 13.3. The van der Waals surface area contributed by atoms with Gasteiger partial charge in [0.25, 0.3) is 15.9 Å². The first-order chi connectivity index (χ1) is 14.9. The van der Waals surface area contributed by atoms with Gasteiger partial charge in [-0.15, -0.1) is 0 Å². The molecule has 160 valence electrons. The molecule has 0 bridgehead atoms. The van der Waals surface area contributed by atoms with E-state index in [0.717, 1.165) is 24.8 Å². The summed E-state index contributed by atoms with van der Waals surface area (Å²) in [7, 11) is -0.770. The molecule has 1 aliphatic carbocycles. The van der Waals surface area contributed by atoms with E-state index in [2.05, 4.69) is 5.32 Å². The third-order valence-electron chi connectivity index (χ3n) is 5.56. The number of aryl methyl sites for hydroxylation is 2. The van der Waals surface area contributed by atoms with Crippen molar-refractivity contribution in [1.82, 2.24) is 0 Å². The summed E-state index contributed by atoms with van der Waals surface area (Å²) in [5, 5.41) is 2.81. The Bertz CT molecular complexity index is 1220. The molecule has 0 atom stereocenters. The molecule has 7 heteroatoms. The Kier molecular flexibility index (Phi) is 5.69. The Morgan fingerprint density at radius 3 is 2.42 bits per heavy atom. The predicted molar refractivity (Wildman–Crippen MR) is 121 cm³/mol. The summed E-state index contributed by atoms with van der Waals surface area (Å²) < 4.78 is 32.9. The number of rotatable bonds is 6. The number of anilines is 2. The number of amides is 1. The fourth-order valence-electron chi connectivity index (χ4n) is 3.81. The SMILES string of the molecule is COc1ccc(NC(=O)c2ccccc2N(C)S(=O)(=O)c2ccc3c(c2)CCC3)cc1. The van der Waals surface area contributed by atoms with E-state index in [4.69, 9.17) is 4.74 Å². The highest BCUT2D eigenvalue weighted by atomic mass is 32.2. The van der Waals surface area contributed by atoms with Gasteiger partial charge in [0.05, 0.1) is 23.3 Å². The minimum atomic E-state index is -3.81. The molecule has 3 aromatic carbocycles. The van der Waals surface area contributed by atoms with Crippen molar-refractivity contribution in [1.29, 1.82) is 0 Å². The first kappa shape index (κ1) is 20.9. The molecule has 0 saturated heterocycles. The number of para-hydroxylation sites is 1. The monoisotopic (exact) mass is 436 g/mol. The van der Waals surface area contributed by atoms with Crippen molar-refractivity contribution in [2.24, 2.45) is 0 Å². The van der Waals surface area contributed by atoms with Crippen LogP contribution in [0.3, 0.4) is 0 Å². The van der Waals surface area contributed by atoms with E-state index in [1.54, 1.807) is 67.8 Å². The minimum Gasteiger partial charge on any atom is -0.497 e. The number of hydrogen-bond donors (Lipinski definition) is 1. The van der Waals surface area contributed by atoms with Gasteiger partial charge >= 0.3 is 0 Å². The molecule has 31 heavy (non-hydrogen) atoms. The molecule has 0 aliphatic heterocycles. The van der Waals surface area contributed by atoms with Crippen molar-refractivity contribution in [3.63, 3.8) is 0 Å². The minimum absolute atomic E-state index is 0.237. The number of carbonyl (C=O) groups is 1. The molecule has 4 rings (SSSR count). The van der Waals surface area contributed by atoms with Crippen LogP contribution in [0.1, 0.15) is 27.9 Å². The molecule has 0 unspecified atom stereocenters. The molecule has 3 aromatic rings. The Morgan fingerprint density at radius 1 is 0.968 bits per heavy atom. The third-order valence-corrected chi connectivity index (χ3v) is 7.33. The second-order valence-electron chi connectivity index (χ2n) is 7.46. The Hall–Kier alpha value is -3.32. The highest BCUT2D eigenvalue weighted by Gasteiger charge is 2.26. The molecule has 0 saturated carbocycles. The summed E-state index contributed by atoms with van der Waals surface area (Å²) in [6, 6.07) is 18.9. The summed E-state index contributed by atoms with van der Waals surface area (Å²) in [6.07, 6.45) is 2.92. The summed E-state index contributed by atoms with van der Waals surface area (Å²) in [6.45, 7) is 0. The van der Waals surface area contributed by atoms with Crippen molar-refractivity contribution >= 4 is 27.3 Å². The van der Waals surface area contributed by atoms with E-state index in [1.165, 1.54) is 16.9 Å². The lowest BCUT2D eigenvalue weighted by molar-refractivity contribution is 0.102. The van der Waals surface area contributed by atoms with Crippen molar-refractivity contribution in [2.45, 2.75) is 24.2 Å². The number of hydrogen-bond acceptors (Lipinski definition) is 4.